The molecule has 0 aliphatic heterocycles. The molecule has 0 amide bonds. The van der Waals surface area contributed by atoms with Gasteiger partial charge in [-0.25, -0.2) is 0 Å². The molecule has 46 heavy (non-hydrogen) atoms. The predicted octanol–water partition coefficient (Wildman–Crippen LogP) is 9.49. The molecule has 250 valence electrons. The van der Waals surface area contributed by atoms with Crippen LogP contribution in [0.5, 0.6) is 0 Å². The normalized spacial score (nSPS) is 35.2. The minimum atomic E-state index is -2.54. The lowest BCUT2D eigenvalue weighted by Gasteiger charge is -2.61. The van der Waals surface area contributed by atoms with Crippen molar-refractivity contribution in [2.75, 3.05) is 7.11 Å². The predicted molar refractivity (Wildman–Crippen MR) is 200 cm³/mol. The highest BCUT2D eigenvalue weighted by atomic mass is 28.4. The number of hydrogen-bond acceptors (Lipinski definition) is 2. The van der Waals surface area contributed by atoms with Crippen molar-refractivity contribution in [1.29, 1.82) is 0 Å². The zero-order valence-electron chi connectivity index (χ0n) is 30.5. The molecular weight excluding hydrogens is 593 g/mol. The van der Waals surface area contributed by atoms with E-state index in [2.05, 4.69) is 126 Å². The van der Waals surface area contributed by atoms with E-state index in [1.165, 1.54) is 68.2 Å². The van der Waals surface area contributed by atoms with Crippen molar-refractivity contribution in [3.8, 4) is 11.5 Å². The third-order valence-corrected chi connectivity index (χ3v) is 19.6. The summed E-state index contributed by atoms with van der Waals surface area (Å²) in [6.07, 6.45) is 12.3. The highest BCUT2D eigenvalue weighted by Gasteiger charge is 2.62. The third kappa shape index (κ3) is 5.95. The van der Waals surface area contributed by atoms with Gasteiger partial charge in [0.1, 0.15) is 14.2 Å². The van der Waals surface area contributed by atoms with Crippen LogP contribution in [0.3, 0.4) is 0 Å². The Bertz CT molecular complexity index is 1360. The lowest BCUT2D eigenvalue weighted by Crippen LogP contribution is -2.68. The molecule has 0 saturated heterocycles. The van der Waals surface area contributed by atoms with Gasteiger partial charge >= 0.3 is 0 Å². The van der Waals surface area contributed by atoms with Crippen LogP contribution in [0.15, 0.2) is 60.7 Å². The van der Waals surface area contributed by atoms with Crippen molar-refractivity contribution in [3.05, 3.63) is 60.7 Å². The molecule has 1 unspecified atom stereocenters. The Morgan fingerprint density at radius 1 is 0.761 bits per heavy atom. The molecule has 2 aromatic carbocycles. The minimum Gasteiger partial charge on any atom is -0.404 e. The Balaban J connectivity index is 1.23. The van der Waals surface area contributed by atoms with Crippen LogP contribution in [0.1, 0.15) is 92.4 Å². The Kier molecular flexibility index (Phi) is 9.42. The zero-order valence-corrected chi connectivity index (χ0v) is 32.5. The standard InChI is InChI=1S/C42H62O2Si2/c1-40(2,3)46(33-16-12-10-13-17-33,34-18-14-11-15-19-34)44-32-24-27-41(4)31(30-32)20-21-35-36-22-23-38(42(36,5)28-25-37(35)41)39(43-6)26-29-45(7,8)9/h10-19,31-32,35-39H,20-25,27-28,30H2,1-9H3/t31-,32+,35-,36-,37-,38+,39?,41-,42-/m0/s1. The third-order valence-electron chi connectivity index (χ3n) is 13.7. The first-order valence-electron chi connectivity index (χ1n) is 18.6. The molecule has 0 bridgehead atoms. The summed E-state index contributed by atoms with van der Waals surface area (Å²) in [6, 6.07) is 22.6. The molecule has 0 radical (unpaired) electrons. The summed E-state index contributed by atoms with van der Waals surface area (Å²) in [7, 11) is -2.06. The quantitative estimate of drug-likeness (QED) is 0.228. The Morgan fingerprint density at radius 2 is 1.35 bits per heavy atom. The number of benzene rings is 2. The largest absolute Gasteiger partial charge is 0.404 e. The first-order valence-corrected chi connectivity index (χ1v) is 24.0. The molecule has 0 N–H and O–H groups in total. The van der Waals surface area contributed by atoms with E-state index < -0.39 is 16.4 Å². The minimum absolute atomic E-state index is 0.0282. The van der Waals surface area contributed by atoms with Gasteiger partial charge in [-0.3, -0.25) is 0 Å². The van der Waals surface area contributed by atoms with Crippen molar-refractivity contribution in [1.82, 2.24) is 0 Å². The van der Waals surface area contributed by atoms with Gasteiger partial charge in [-0.1, -0.05) is 121 Å². The molecule has 2 nitrogen and oxygen atoms in total. The van der Waals surface area contributed by atoms with Gasteiger partial charge in [0.25, 0.3) is 8.32 Å². The monoisotopic (exact) mass is 654 g/mol. The molecular formula is C42H62O2Si2. The van der Waals surface area contributed by atoms with Crippen molar-refractivity contribution < 1.29 is 9.16 Å². The van der Waals surface area contributed by atoms with Crippen LogP contribution in [-0.4, -0.2) is 35.7 Å². The van der Waals surface area contributed by atoms with Gasteiger partial charge < -0.3 is 9.16 Å². The van der Waals surface area contributed by atoms with Crippen LogP contribution in [0.25, 0.3) is 0 Å². The molecule has 0 spiro atoms. The lowest BCUT2D eigenvalue weighted by atomic mass is 9.44. The highest BCUT2D eigenvalue weighted by molar-refractivity contribution is 6.99. The second-order valence-corrected chi connectivity index (χ2v) is 27.2. The SMILES string of the molecule is COC(C#C[Si](C)(C)C)[C@H]1CC[C@H]2[C@@H]3CC[C@H]4C[C@H](O[Si](c5ccccc5)(c5ccccc5)C(C)(C)C)CC[C@]4(C)[C@H]3CC[C@]12C. The fraction of sp³-hybridized carbons (Fsp3) is 0.667. The van der Waals surface area contributed by atoms with E-state index in [4.69, 9.17) is 9.16 Å². The second-order valence-electron chi connectivity index (χ2n) is 18.2. The lowest BCUT2D eigenvalue weighted by molar-refractivity contribution is -0.130. The van der Waals surface area contributed by atoms with Gasteiger partial charge in [0.2, 0.25) is 0 Å². The first-order chi connectivity index (χ1) is 21.7. The summed E-state index contributed by atoms with van der Waals surface area (Å²) in [6.45, 7) is 19.7. The molecule has 4 aliphatic rings. The number of methoxy groups -OCH3 is 1. The van der Waals surface area contributed by atoms with Crippen LogP contribution >= 0.6 is 0 Å². The summed E-state index contributed by atoms with van der Waals surface area (Å²) >= 11 is 0. The van der Waals surface area contributed by atoms with Crippen LogP contribution in [0.4, 0.5) is 0 Å². The van der Waals surface area contributed by atoms with Gasteiger partial charge in [-0.2, -0.15) is 0 Å². The summed E-state index contributed by atoms with van der Waals surface area (Å²) in [4.78, 5) is 0. The maximum atomic E-state index is 7.75. The van der Waals surface area contributed by atoms with Gasteiger partial charge in [-0.15, -0.1) is 5.54 Å². The fourth-order valence-electron chi connectivity index (χ4n) is 11.4. The van der Waals surface area contributed by atoms with Crippen LogP contribution < -0.4 is 10.4 Å². The molecule has 0 aromatic heterocycles. The van der Waals surface area contributed by atoms with Gasteiger partial charge in [-0.05, 0) is 108 Å². The molecule has 4 saturated carbocycles. The van der Waals surface area contributed by atoms with Crippen molar-refractivity contribution in [2.24, 2.45) is 40.4 Å². The molecule has 4 fully saturated rings. The van der Waals surface area contributed by atoms with Gasteiger partial charge in [0.15, 0.2) is 0 Å². The number of hydrogen-bond donors (Lipinski definition) is 0. The van der Waals surface area contributed by atoms with Crippen LogP contribution in [-0.2, 0) is 9.16 Å². The Labute approximate surface area is 284 Å². The van der Waals surface area contributed by atoms with E-state index in [1.807, 2.05) is 7.11 Å². The molecule has 4 aliphatic carbocycles. The average Bonchev–Trinajstić information content (AvgIpc) is 3.37. The van der Waals surface area contributed by atoms with Crippen LogP contribution in [0.2, 0.25) is 24.7 Å². The molecule has 6 rings (SSSR count). The van der Waals surface area contributed by atoms with Crippen molar-refractivity contribution in [3.63, 3.8) is 0 Å². The van der Waals surface area contributed by atoms with E-state index in [1.54, 1.807) is 0 Å². The molecule has 9 atom stereocenters. The van der Waals surface area contributed by atoms with E-state index >= 15 is 0 Å². The Hall–Kier alpha value is -1.65. The molecule has 4 heteroatoms. The summed E-state index contributed by atoms with van der Waals surface area (Å²) in [5, 5.41) is 2.86. The summed E-state index contributed by atoms with van der Waals surface area (Å²) in [5.41, 5.74) is 4.47. The molecule has 2 aromatic rings. The number of ether oxygens (including phenoxy) is 1. The van der Waals surface area contributed by atoms with Crippen LogP contribution in [0, 0.1) is 51.9 Å². The van der Waals surface area contributed by atoms with Crippen molar-refractivity contribution >= 4 is 26.8 Å². The zero-order chi connectivity index (χ0) is 33.0. The smallest absolute Gasteiger partial charge is 0.261 e. The number of fused-ring (bicyclic) bond motifs is 5. The second kappa shape index (κ2) is 12.7. The molecule has 0 heterocycles. The first kappa shape index (κ1) is 34.2. The summed E-state index contributed by atoms with van der Waals surface area (Å²) < 4.78 is 13.9. The van der Waals surface area contributed by atoms with Gasteiger partial charge in [0, 0.05) is 19.1 Å². The maximum Gasteiger partial charge on any atom is 0.261 e. The van der Waals surface area contributed by atoms with Gasteiger partial charge in [0.05, 0.1) is 0 Å². The topological polar surface area (TPSA) is 18.5 Å². The Morgan fingerprint density at radius 3 is 1.91 bits per heavy atom. The fourth-order valence-corrected chi connectivity index (χ4v) is 16.7. The van der Waals surface area contributed by atoms with E-state index in [9.17, 15) is 0 Å². The van der Waals surface area contributed by atoms with Crippen molar-refractivity contribution in [2.45, 2.75) is 129 Å². The summed E-state index contributed by atoms with van der Waals surface area (Å²) in [5.74, 6) is 7.55. The van der Waals surface area contributed by atoms with E-state index in [0.717, 1.165) is 23.7 Å². The van der Waals surface area contributed by atoms with E-state index in [-0.39, 0.29) is 11.1 Å². The number of rotatable bonds is 6. The maximum absolute atomic E-state index is 7.75. The van der Waals surface area contributed by atoms with E-state index in [0.29, 0.717) is 22.9 Å². The average molecular weight is 655 g/mol. The highest BCUT2D eigenvalue weighted by Crippen LogP contribution is 2.68.